The summed E-state index contributed by atoms with van der Waals surface area (Å²) in [5.74, 6) is 0.104. The molecule has 0 fully saturated rings. The Morgan fingerprint density at radius 1 is 1.15 bits per heavy atom. The Morgan fingerprint density at radius 2 is 1.89 bits per heavy atom. The zero-order valence-corrected chi connectivity index (χ0v) is 16.8. The fraction of sp³-hybridized carbons (Fsp3) is 0.300. The van der Waals surface area contributed by atoms with Crippen molar-refractivity contribution in [2.75, 3.05) is 25.5 Å². The molecule has 1 N–H and O–H groups in total. The van der Waals surface area contributed by atoms with Crippen LogP contribution in [0.2, 0.25) is 10.0 Å². The van der Waals surface area contributed by atoms with Crippen LogP contribution in [0, 0.1) is 0 Å². The number of anilines is 1. The molecule has 2 amide bonds. The molecule has 0 aliphatic rings. The number of hydrogen-bond donors (Lipinski definition) is 1. The molecule has 2 aromatic carbocycles. The number of carbonyl (C=O) groups is 2. The van der Waals surface area contributed by atoms with Crippen molar-refractivity contribution in [2.45, 2.75) is 19.8 Å². The minimum Gasteiger partial charge on any atom is -0.495 e. The van der Waals surface area contributed by atoms with Crippen LogP contribution in [-0.2, 0) is 16.0 Å². The first-order chi connectivity index (χ1) is 12.9. The molecule has 144 valence electrons. The fourth-order valence-electron chi connectivity index (χ4n) is 2.61. The third kappa shape index (κ3) is 6.15. The minimum atomic E-state index is -0.288. The lowest BCUT2D eigenvalue weighted by Gasteiger charge is -2.22. The van der Waals surface area contributed by atoms with Gasteiger partial charge >= 0.3 is 0 Å². The van der Waals surface area contributed by atoms with Gasteiger partial charge in [-0.25, -0.2) is 0 Å². The maximum Gasteiger partial charge on any atom is 0.244 e. The van der Waals surface area contributed by atoms with Gasteiger partial charge in [-0.3, -0.25) is 9.59 Å². The summed E-state index contributed by atoms with van der Waals surface area (Å²) in [6, 6.07) is 12.1. The molecule has 0 heterocycles. The largest absolute Gasteiger partial charge is 0.495 e. The summed E-state index contributed by atoms with van der Waals surface area (Å²) >= 11 is 12.0. The molecule has 0 saturated heterocycles. The smallest absolute Gasteiger partial charge is 0.244 e. The Kier molecular flexibility index (Phi) is 7.95. The van der Waals surface area contributed by atoms with Crippen LogP contribution in [0.1, 0.15) is 18.9 Å². The number of rotatable bonds is 8. The first-order valence-electron chi connectivity index (χ1n) is 8.59. The number of ether oxygens (including phenoxy) is 1. The van der Waals surface area contributed by atoms with Gasteiger partial charge in [-0.15, -0.1) is 0 Å². The van der Waals surface area contributed by atoms with Crippen LogP contribution in [0.25, 0.3) is 0 Å². The molecule has 0 unspecified atom stereocenters. The fourth-order valence-corrected chi connectivity index (χ4v) is 3.09. The van der Waals surface area contributed by atoms with Crippen LogP contribution in [0.5, 0.6) is 5.75 Å². The van der Waals surface area contributed by atoms with Gasteiger partial charge in [0.2, 0.25) is 11.8 Å². The highest BCUT2D eigenvalue weighted by molar-refractivity contribution is 6.35. The van der Waals surface area contributed by atoms with Crippen LogP contribution in [-0.4, -0.2) is 36.9 Å². The molecular formula is C20H22Cl2N2O3. The molecule has 5 nitrogen and oxygen atoms in total. The van der Waals surface area contributed by atoms with Crippen LogP contribution >= 0.6 is 23.2 Å². The van der Waals surface area contributed by atoms with Crippen molar-refractivity contribution in [1.82, 2.24) is 4.90 Å². The van der Waals surface area contributed by atoms with Gasteiger partial charge in [0.25, 0.3) is 0 Å². The maximum absolute atomic E-state index is 12.7. The normalized spacial score (nSPS) is 10.4. The second kappa shape index (κ2) is 10.2. The van der Waals surface area contributed by atoms with E-state index in [-0.39, 0.29) is 24.8 Å². The van der Waals surface area contributed by atoms with Crippen molar-refractivity contribution < 1.29 is 14.3 Å². The summed E-state index contributed by atoms with van der Waals surface area (Å²) in [5, 5.41) is 3.73. The molecule has 0 aliphatic carbocycles. The summed E-state index contributed by atoms with van der Waals surface area (Å²) in [4.78, 5) is 26.6. The van der Waals surface area contributed by atoms with Gasteiger partial charge in [-0.05, 0) is 36.2 Å². The number of amides is 2. The molecule has 0 bridgehead atoms. The predicted molar refractivity (Wildman–Crippen MR) is 109 cm³/mol. The number of para-hydroxylation sites is 2. The molecule has 0 atom stereocenters. The molecule has 2 aromatic rings. The Balaban J connectivity index is 2.05. The first kappa shape index (κ1) is 21.1. The first-order valence-corrected chi connectivity index (χ1v) is 9.34. The maximum atomic E-state index is 12.7. The molecule has 0 saturated carbocycles. The zero-order valence-electron chi connectivity index (χ0n) is 15.3. The number of nitrogens with one attached hydrogen (secondary N) is 1. The van der Waals surface area contributed by atoms with E-state index in [0.29, 0.717) is 33.6 Å². The Hall–Kier alpha value is -2.24. The number of benzene rings is 2. The van der Waals surface area contributed by atoms with E-state index in [1.807, 2.05) is 13.0 Å². The molecular weight excluding hydrogens is 387 g/mol. The number of carbonyl (C=O) groups excluding carboxylic acids is 2. The number of halogens is 2. The second-order valence-corrected chi connectivity index (χ2v) is 6.82. The standard InChI is InChI=1S/C20H22Cl2N2O3/c1-3-10-24(20(26)11-14-8-9-15(21)12-16(14)22)13-19(25)23-17-6-4-5-7-18(17)27-2/h4-9,12H,3,10-11,13H2,1-2H3,(H,23,25). The monoisotopic (exact) mass is 408 g/mol. The number of hydrogen-bond acceptors (Lipinski definition) is 3. The van der Waals surface area contributed by atoms with Crippen LogP contribution < -0.4 is 10.1 Å². The highest BCUT2D eigenvalue weighted by Gasteiger charge is 2.19. The third-order valence-electron chi connectivity index (χ3n) is 3.92. The molecule has 0 aromatic heterocycles. The van der Waals surface area contributed by atoms with Gasteiger partial charge in [0.05, 0.1) is 25.8 Å². The minimum absolute atomic E-state index is 0.0457. The van der Waals surface area contributed by atoms with Gasteiger partial charge in [-0.2, -0.15) is 0 Å². The zero-order chi connectivity index (χ0) is 19.8. The van der Waals surface area contributed by atoms with Crippen molar-refractivity contribution >= 4 is 40.7 Å². The summed E-state index contributed by atoms with van der Waals surface area (Å²) < 4.78 is 5.23. The SMILES string of the molecule is CCCN(CC(=O)Nc1ccccc1OC)C(=O)Cc1ccc(Cl)cc1Cl. The van der Waals surface area contributed by atoms with E-state index < -0.39 is 0 Å². The molecule has 0 radical (unpaired) electrons. The van der Waals surface area contributed by atoms with Crippen LogP contribution in [0.3, 0.4) is 0 Å². The van der Waals surface area contributed by atoms with E-state index in [4.69, 9.17) is 27.9 Å². The van der Waals surface area contributed by atoms with E-state index in [1.165, 1.54) is 12.0 Å². The van der Waals surface area contributed by atoms with Crippen LogP contribution in [0.4, 0.5) is 5.69 Å². The van der Waals surface area contributed by atoms with Crippen molar-refractivity contribution in [3.63, 3.8) is 0 Å². The van der Waals surface area contributed by atoms with Crippen LogP contribution in [0.15, 0.2) is 42.5 Å². The van der Waals surface area contributed by atoms with E-state index in [2.05, 4.69) is 5.32 Å². The summed E-state index contributed by atoms with van der Waals surface area (Å²) in [6.45, 7) is 2.38. The Bertz CT molecular complexity index is 812. The summed E-state index contributed by atoms with van der Waals surface area (Å²) in [6.07, 6.45) is 0.847. The lowest BCUT2D eigenvalue weighted by molar-refractivity contribution is -0.134. The van der Waals surface area contributed by atoms with Gasteiger partial charge in [0.15, 0.2) is 0 Å². The quantitative estimate of drug-likeness (QED) is 0.702. The number of nitrogens with zero attached hydrogens (tertiary/aromatic N) is 1. The Morgan fingerprint density at radius 3 is 2.56 bits per heavy atom. The summed E-state index contributed by atoms with van der Waals surface area (Å²) in [5.41, 5.74) is 1.24. The Labute approximate surface area is 169 Å². The van der Waals surface area contributed by atoms with Crippen molar-refractivity contribution in [1.29, 1.82) is 0 Å². The van der Waals surface area contributed by atoms with Gasteiger partial charge in [0, 0.05) is 16.6 Å². The lowest BCUT2D eigenvalue weighted by Crippen LogP contribution is -2.39. The van der Waals surface area contributed by atoms with E-state index in [9.17, 15) is 9.59 Å². The lowest BCUT2D eigenvalue weighted by atomic mass is 10.1. The molecule has 2 rings (SSSR count). The highest BCUT2D eigenvalue weighted by Crippen LogP contribution is 2.23. The molecule has 7 heteroatoms. The third-order valence-corrected chi connectivity index (χ3v) is 4.51. The van der Waals surface area contributed by atoms with E-state index in [0.717, 1.165) is 6.42 Å². The van der Waals surface area contributed by atoms with E-state index >= 15 is 0 Å². The average molecular weight is 409 g/mol. The van der Waals surface area contributed by atoms with Crippen molar-refractivity contribution in [2.24, 2.45) is 0 Å². The van der Waals surface area contributed by atoms with Gasteiger partial charge < -0.3 is 15.0 Å². The van der Waals surface area contributed by atoms with Crippen molar-refractivity contribution in [3.8, 4) is 5.75 Å². The van der Waals surface area contributed by atoms with Gasteiger partial charge in [0.1, 0.15) is 5.75 Å². The molecule has 0 spiro atoms. The molecule has 27 heavy (non-hydrogen) atoms. The predicted octanol–water partition coefficient (Wildman–Crippen LogP) is 4.42. The van der Waals surface area contributed by atoms with E-state index in [1.54, 1.807) is 36.4 Å². The van der Waals surface area contributed by atoms with Crippen molar-refractivity contribution in [3.05, 3.63) is 58.1 Å². The highest BCUT2D eigenvalue weighted by atomic mass is 35.5. The average Bonchev–Trinajstić information content (AvgIpc) is 2.64. The number of methoxy groups -OCH3 is 1. The van der Waals surface area contributed by atoms with Gasteiger partial charge in [-0.1, -0.05) is 48.3 Å². The topological polar surface area (TPSA) is 58.6 Å². The molecule has 0 aliphatic heterocycles. The second-order valence-electron chi connectivity index (χ2n) is 5.98. The summed E-state index contributed by atoms with van der Waals surface area (Å²) in [7, 11) is 1.54.